The summed E-state index contributed by atoms with van der Waals surface area (Å²) in [5.74, 6) is 0.588. The fourth-order valence-corrected chi connectivity index (χ4v) is 3.61. The number of aryl methyl sites for hydroxylation is 2. The molecule has 0 radical (unpaired) electrons. The number of para-hydroxylation sites is 1. The van der Waals surface area contributed by atoms with Gasteiger partial charge in [-0.2, -0.15) is 5.10 Å². The Morgan fingerprint density at radius 3 is 2.58 bits per heavy atom. The molecule has 1 aromatic carbocycles. The molecule has 3 rings (SSSR count). The number of thiophene rings is 1. The number of aliphatic imine (C=N–C) groups is 1. The van der Waals surface area contributed by atoms with Gasteiger partial charge in [0.1, 0.15) is 0 Å². The average molecular weight is 552 g/mol. The van der Waals surface area contributed by atoms with Crippen molar-refractivity contribution in [2.24, 2.45) is 4.99 Å². The van der Waals surface area contributed by atoms with Gasteiger partial charge in [-0.25, -0.2) is 9.67 Å². The minimum Gasteiger partial charge on any atom is -0.351 e. The topological polar surface area (TPSA) is 74.6 Å². The quantitative estimate of drug-likeness (QED) is 0.268. The zero-order valence-corrected chi connectivity index (χ0v) is 21.4. The molecule has 0 unspecified atom stereocenters. The number of halogens is 1. The van der Waals surface area contributed by atoms with Gasteiger partial charge in [-0.15, -0.1) is 35.3 Å². The van der Waals surface area contributed by atoms with Gasteiger partial charge < -0.3 is 15.5 Å². The van der Waals surface area contributed by atoms with E-state index < -0.39 is 0 Å². The van der Waals surface area contributed by atoms with Crippen LogP contribution in [0.1, 0.15) is 21.8 Å². The van der Waals surface area contributed by atoms with Crippen molar-refractivity contribution >= 4 is 47.2 Å². The smallest absolute Gasteiger partial charge is 0.241 e. The first-order chi connectivity index (χ1) is 14.4. The largest absolute Gasteiger partial charge is 0.351 e. The van der Waals surface area contributed by atoms with Crippen molar-refractivity contribution < 1.29 is 4.79 Å². The van der Waals surface area contributed by atoms with Gasteiger partial charge in [-0.05, 0) is 43.0 Å². The number of carbonyl (C=O) groups excluding carboxylic acids is 1. The second kappa shape index (κ2) is 11.8. The van der Waals surface area contributed by atoms with Crippen molar-refractivity contribution in [3.63, 3.8) is 0 Å². The van der Waals surface area contributed by atoms with Gasteiger partial charge in [-0.1, -0.05) is 24.3 Å². The molecule has 0 aliphatic carbocycles. The number of nitrogens with zero attached hydrogens (tertiary/aromatic N) is 4. The second-order valence-corrected chi connectivity index (χ2v) is 8.24. The standard InChI is InChI=1S/C22H28N6OS.HI/c1-16-12-17(2)28(26-16)20-10-6-5-8-18(20)13-23-22(25-15-21(29)27(3)4)24-14-19-9-7-11-30-19;/h5-12H,13-15H2,1-4H3,(H2,23,24,25);1H. The molecule has 2 aromatic heterocycles. The maximum absolute atomic E-state index is 12.0. The maximum atomic E-state index is 12.0. The lowest BCUT2D eigenvalue weighted by Crippen LogP contribution is -2.42. The van der Waals surface area contributed by atoms with Crippen LogP contribution in [0.3, 0.4) is 0 Å². The van der Waals surface area contributed by atoms with E-state index in [4.69, 9.17) is 4.99 Å². The third-order valence-electron chi connectivity index (χ3n) is 4.55. The third-order valence-corrected chi connectivity index (χ3v) is 5.43. The molecule has 7 nitrogen and oxygen atoms in total. The van der Waals surface area contributed by atoms with Gasteiger partial charge in [0, 0.05) is 24.7 Å². The summed E-state index contributed by atoms with van der Waals surface area (Å²) in [5.41, 5.74) is 4.12. The van der Waals surface area contributed by atoms with Crippen LogP contribution in [0.25, 0.3) is 5.69 Å². The summed E-state index contributed by atoms with van der Waals surface area (Å²) in [7, 11) is 3.48. The summed E-state index contributed by atoms with van der Waals surface area (Å²) in [6.45, 7) is 5.33. The van der Waals surface area contributed by atoms with E-state index in [2.05, 4.69) is 33.9 Å². The molecule has 0 aliphatic rings. The fourth-order valence-electron chi connectivity index (χ4n) is 2.96. The summed E-state index contributed by atoms with van der Waals surface area (Å²) in [4.78, 5) is 19.5. The van der Waals surface area contributed by atoms with Crippen LogP contribution in [-0.2, 0) is 17.9 Å². The molecule has 31 heavy (non-hydrogen) atoms. The molecule has 0 saturated carbocycles. The number of carbonyl (C=O) groups is 1. The van der Waals surface area contributed by atoms with E-state index in [1.54, 1.807) is 30.3 Å². The maximum Gasteiger partial charge on any atom is 0.241 e. The Bertz CT molecular complexity index is 1010. The Morgan fingerprint density at radius 2 is 1.94 bits per heavy atom. The number of hydrogen-bond acceptors (Lipinski definition) is 4. The lowest BCUT2D eigenvalue weighted by atomic mass is 10.2. The van der Waals surface area contributed by atoms with E-state index in [1.165, 1.54) is 4.88 Å². The van der Waals surface area contributed by atoms with Crippen LogP contribution in [-0.4, -0.2) is 47.2 Å². The SMILES string of the molecule is Cc1cc(C)n(-c2ccccc2CN=C(NCC(=O)N(C)C)NCc2cccs2)n1.I. The molecule has 2 N–H and O–H groups in total. The van der Waals surface area contributed by atoms with Crippen molar-refractivity contribution in [3.05, 3.63) is 69.7 Å². The molecule has 0 saturated heterocycles. The molecule has 3 aromatic rings. The number of amides is 1. The minimum absolute atomic E-state index is 0. The van der Waals surface area contributed by atoms with Gasteiger partial charge in [0.2, 0.25) is 5.91 Å². The Kier molecular flexibility index (Phi) is 9.50. The zero-order chi connectivity index (χ0) is 21.5. The molecular formula is C22H29IN6OS. The lowest BCUT2D eigenvalue weighted by molar-refractivity contribution is -0.127. The van der Waals surface area contributed by atoms with Crippen LogP contribution in [0.4, 0.5) is 0 Å². The Hall–Kier alpha value is -2.40. The highest BCUT2D eigenvalue weighted by molar-refractivity contribution is 14.0. The predicted molar refractivity (Wildman–Crippen MR) is 137 cm³/mol. The van der Waals surface area contributed by atoms with E-state index in [0.29, 0.717) is 19.0 Å². The van der Waals surface area contributed by atoms with E-state index >= 15 is 0 Å². The van der Waals surface area contributed by atoms with Gasteiger partial charge in [0.05, 0.1) is 31.0 Å². The predicted octanol–water partition coefficient (Wildman–Crippen LogP) is 3.49. The minimum atomic E-state index is -0.0105. The molecule has 0 bridgehead atoms. The van der Waals surface area contributed by atoms with Crippen molar-refractivity contribution in [3.8, 4) is 5.69 Å². The highest BCUT2D eigenvalue weighted by Gasteiger charge is 2.10. The Labute approximate surface area is 204 Å². The van der Waals surface area contributed by atoms with Gasteiger partial charge in [-0.3, -0.25) is 4.79 Å². The van der Waals surface area contributed by atoms with Crippen molar-refractivity contribution in [1.82, 2.24) is 25.3 Å². The van der Waals surface area contributed by atoms with Gasteiger partial charge in [0.25, 0.3) is 0 Å². The van der Waals surface area contributed by atoms with Crippen LogP contribution in [0, 0.1) is 13.8 Å². The van der Waals surface area contributed by atoms with Crippen LogP contribution in [0.15, 0.2) is 52.8 Å². The number of guanidine groups is 1. The van der Waals surface area contributed by atoms with Crippen molar-refractivity contribution in [1.29, 1.82) is 0 Å². The Balaban J connectivity index is 0.00000341. The monoisotopic (exact) mass is 552 g/mol. The van der Waals surface area contributed by atoms with Crippen LogP contribution in [0.2, 0.25) is 0 Å². The number of rotatable bonds is 7. The number of nitrogens with one attached hydrogen (secondary N) is 2. The highest BCUT2D eigenvalue weighted by atomic mass is 127. The Morgan fingerprint density at radius 1 is 1.16 bits per heavy atom. The number of likely N-dealkylation sites (N-methyl/N-ethyl adjacent to an activating group) is 1. The van der Waals surface area contributed by atoms with E-state index in [-0.39, 0.29) is 36.4 Å². The second-order valence-electron chi connectivity index (χ2n) is 7.21. The van der Waals surface area contributed by atoms with Crippen LogP contribution >= 0.6 is 35.3 Å². The average Bonchev–Trinajstić information content (AvgIpc) is 3.36. The molecule has 1 amide bonds. The first kappa shape index (κ1) is 24.9. The molecule has 9 heteroatoms. The summed E-state index contributed by atoms with van der Waals surface area (Å²) < 4.78 is 1.95. The molecule has 0 atom stereocenters. The molecule has 2 heterocycles. The van der Waals surface area contributed by atoms with Gasteiger partial charge in [0.15, 0.2) is 5.96 Å². The molecule has 0 spiro atoms. The summed E-state index contributed by atoms with van der Waals surface area (Å²) in [6.07, 6.45) is 0. The van der Waals surface area contributed by atoms with Crippen LogP contribution < -0.4 is 10.6 Å². The van der Waals surface area contributed by atoms with Crippen LogP contribution in [0.5, 0.6) is 0 Å². The summed E-state index contributed by atoms with van der Waals surface area (Å²) in [6, 6.07) is 14.3. The molecular weight excluding hydrogens is 523 g/mol. The van der Waals surface area contributed by atoms with E-state index in [0.717, 1.165) is 22.6 Å². The molecule has 0 fully saturated rings. The number of benzene rings is 1. The molecule has 166 valence electrons. The summed E-state index contributed by atoms with van der Waals surface area (Å²) >= 11 is 1.68. The first-order valence-corrected chi connectivity index (χ1v) is 10.7. The number of hydrogen-bond donors (Lipinski definition) is 2. The normalized spacial score (nSPS) is 11.0. The fraction of sp³-hybridized carbons (Fsp3) is 0.318. The summed E-state index contributed by atoms with van der Waals surface area (Å²) in [5, 5.41) is 13.1. The highest BCUT2D eigenvalue weighted by Crippen LogP contribution is 2.18. The number of aromatic nitrogens is 2. The van der Waals surface area contributed by atoms with Crippen molar-refractivity contribution in [2.75, 3.05) is 20.6 Å². The molecule has 0 aliphatic heterocycles. The van der Waals surface area contributed by atoms with Gasteiger partial charge >= 0.3 is 0 Å². The zero-order valence-electron chi connectivity index (χ0n) is 18.3. The first-order valence-electron chi connectivity index (χ1n) is 9.80. The van der Waals surface area contributed by atoms with E-state index in [1.807, 2.05) is 48.2 Å². The third kappa shape index (κ3) is 7.06. The van der Waals surface area contributed by atoms with Crippen molar-refractivity contribution in [2.45, 2.75) is 26.9 Å². The lowest BCUT2D eigenvalue weighted by Gasteiger charge is -2.15. The van der Waals surface area contributed by atoms with E-state index in [9.17, 15) is 4.79 Å².